The summed E-state index contributed by atoms with van der Waals surface area (Å²) in [4.78, 5) is 1.36. The number of thioether (sulfide) groups is 2. The van der Waals surface area contributed by atoms with Gasteiger partial charge in [0.1, 0.15) is 0 Å². The van der Waals surface area contributed by atoms with Gasteiger partial charge in [-0.15, -0.1) is 21.5 Å². The molecule has 0 saturated heterocycles. The normalized spacial score (nSPS) is 14.5. The molecule has 2 rings (SSSR count). The predicted molar refractivity (Wildman–Crippen MR) is 87.6 cm³/mol. The molecular weight excluding hydrogens is 314 g/mol. The maximum Gasteiger partial charge on any atom is 0.175 e. The van der Waals surface area contributed by atoms with Crippen LogP contribution in [0.15, 0.2) is 20.1 Å². The minimum absolute atomic E-state index is 0.143. The van der Waals surface area contributed by atoms with E-state index in [-0.39, 0.29) is 11.3 Å². The molecule has 0 aliphatic rings. The Kier molecular flexibility index (Phi) is 5.70. The van der Waals surface area contributed by atoms with E-state index in [0.717, 1.165) is 15.1 Å². The maximum absolute atomic E-state index is 6.30. The van der Waals surface area contributed by atoms with Gasteiger partial charge in [-0.25, -0.2) is 0 Å². The summed E-state index contributed by atoms with van der Waals surface area (Å²) in [5.74, 6) is 0. The van der Waals surface area contributed by atoms with Crippen LogP contribution in [0.1, 0.15) is 29.0 Å². The molecule has 2 heterocycles. The summed E-state index contributed by atoms with van der Waals surface area (Å²) in [7, 11) is 0. The van der Waals surface area contributed by atoms with Gasteiger partial charge in [0.15, 0.2) is 8.68 Å². The van der Waals surface area contributed by atoms with Gasteiger partial charge >= 0.3 is 0 Å². The molecule has 0 bridgehead atoms. The van der Waals surface area contributed by atoms with Crippen molar-refractivity contribution >= 4 is 46.2 Å². The second-order valence-electron chi connectivity index (χ2n) is 4.12. The van der Waals surface area contributed by atoms with Crippen LogP contribution in [0, 0.1) is 6.92 Å². The van der Waals surface area contributed by atoms with Crippen LogP contribution in [0.3, 0.4) is 0 Å². The molecule has 0 aliphatic carbocycles. The van der Waals surface area contributed by atoms with Gasteiger partial charge in [-0.1, -0.05) is 41.8 Å². The van der Waals surface area contributed by atoms with E-state index in [0.29, 0.717) is 0 Å². The second-order valence-corrected chi connectivity index (χ2v) is 8.48. The number of hydrogen-bond donors (Lipinski definition) is 1. The van der Waals surface area contributed by atoms with Crippen molar-refractivity contribution in [3.8, 4) is 0 Å². The van der Waals surface area contributed by atoms with E-state index in [4.69, 9.17) is 5.73 Å². The molecule has 2 aromatic heterocycles. The number of aromatic nitrogens is 2. The fourth-order valence-corrected chi connectivity index (χ4v) is 5.82. The van der Waals surface area contributed by atoms with Crippen LogP contribution in [0.2, 0.25) is 0 Å². The third-order valence-corrected chi connectivity index (χ3v) is 7.42. The van der Waals surface area contributed by atoms with E-state index in [1.165, 1.54) is 10.4 Å². The first-order valence-corrected chi connectivity index (χ1v) is 9.79. The molecular formula is C12H17N3S4. The molecule has 2 atom stereocenters. The molecule has 0 aromatic carbocycles. The van der Waals surface area contributed by atoms with Crippen LogP contribution in [0.5, 0.6) is 0 Å². The second kappa shape index (κ2) is 7.08. The zero-order chi connectivity index (χ0) is 13.8. The molecule has 0 aliphatic heterocycles. The molecule has 0 radical (unpaired) electrons. The molecule has 2 aromatic rings. The van der Waals surface area contributed by atoms with E-state index < -0.39 is 0 Å². The fraction of sp³-hybridized carbons (Fsp3) is 0.500. The number of nitrogens with zero attached hydrogens (tertiary/aromatic N) is 2. The third kappa shape index (κ3) is 3.72. The van der Waals surface area contributed by atoms with Gasteiger partial charge in [0.05, 0.1) is 5.25 Å². The van der Waals surface area contributed by atoms with Crippen molar-refractivity contribution in [1.29, 1.82) is 0 Å². The van der Waals surface area contributed by atoms with Crippen LogP contribution in [-0.2, 0) is 0 Å². The van der Waals surface area contributed by atoms with Crippen molar-refractivity contribution in [3.63, 3.8) is 0 Å². The van der Waals surface area contributed by atoms with E-state index in [1.54, 1.807) is 46.2 Å². The van der Waals surface area contributed by atoms with Crippen molar-refractivity contribution < 1.29 is 0 Å². The summed E-state index contributed by atoms with van der Waals surface area (Å²) in [6.45, 7) is 4.28. The highest BCUT2D eigenvalue weighted by Crippen LogP contribution is 2.43. The first-order valence-electron chi connectivity index (χ1n) is 5.99. The largest absolute Gasteiger partial charge is 0.326 e. The van der Waals surface area contributed by atoms with Gasteiger partial charge < -0.3 is 5.73 Å². The van der Waals surface area contributed by atoms with Crippen molar-refractivity contribution in [2.24, 2.45) is 5.73 Å². The lowest BCUT2D eigenvalue weighted by Crippen LogP contribution is -2.25. The smallest absolute Gasteiger partial charge is 0.175 e. The SMILES string of the molecule is CCC(N)C(Sc1nnc(SC)s1)c1sccc1C. The number of hydrogen-bond acceptors (Lipinski definition) is 7. The quantitative estimate of drug-likeness (QED) is 0.804. The highest BCUT2D eigenvalue weighted by atomic mass is 32.2. The lowest BCUT2D eigenvalue weighted by Gasteiger charge is -2.20. The van der Waals surface area contributed by atoms with E-state index in [2.05, 4.69) is 35.5 Å². The van der Waals surface area contributed by atoms with E-state index >= 15 is 0 Å². The van der Waals surface area contributed by atoms with E-state index in [1.807, 2.05) is 6.26 Å². The first-order chi connectivity index (χ1) is 9.15. The fourth-order valence-electron chi connectivity index (χ4n) is 1.66. The third-order valence-electron chi connectivity index (χ3n) is 2.81. The Morgan fingerprint density at radius 3 is 2.63 bits per heavy atom. The van der Waals surface area contributed by atoms with Gasteiger partial charge in [-0.05, 0) is 36.6 Å². The first kappa shape index (κ1) is 15.3. The molecule has 0 amide bonds. The van der Waals surface area contributed by atoms with Crippen LogP contribution in [-0.4, -0.2) is 22.5 Å². The Morgan fingerprint density at radius 1 is 1.37 bits per heavy atom. The Morgan fingerprint density at radius 2 is 2.11 bits per heavy atom. The molecule has 7 heteroatoms. The summed E-state index contributed by atoms with van der Waals surface area (Å²) in [6, 6.07) is 2.30. The van der Waals surface area contributed by atoms with Crippen molar-refractivity contribution in [2.45, 2.75) is 40.2 Å². The van der Waals surface area contributed by atoms with Gasteiger partial charge in [0.2, 0.25) is 0 Å². The highest BCUT2D eigenvalue weighted by molar-refractivity contribution is 8.03. The van der Waals surface area contributed by atoms with Gasteiger partial charge in [0.25, 0.3) is 0 Å². The Labute approximate surface area is 130 Å². The monoisotopic (exact) mass is 331 g/mol. The Bertz CT molecular complexity index is 523. The number of aryl methyl sites for hydroxylation is 1. The Balaban J connectivity index is 2.21. The zero-order valence-electron chi connectivity index (χ0n) is 11.1. The predicted octanol–water partition coefficient (Wildman–Crippen LogP) is 4.20. The van der Waals surface area contributed by atoms with Crippen LogP contribution in [0.4, 0.5) is 0 Å². The summed E-state index contributed by atoms with van der Waals surface area (Å²) in [6.07, 6.45) is 2.98. The number of rotatable bonds is 6. The Hall–Kier alpha value is -0.0800. The summed E-state index contributed by atoms with van der Waals surface area (Å²) in [5.41, 5.74) is 7.62. The van der Waals surface area contributed by atoms with Crippen molar-refractivity contribution in [2.75, 3.05) is 6.26 Å². The van der Waals surface area contributed by atoms with E-state index in [9.17, 15) is 0 Å². The van der Waals surface area contributed by atoms with Crippen LogP contribution >= 0.6 is 46.2 Å². The maximum atomic E-state index is 6.30. The average molecular weight is 332 g/mol. The molecule has 2 N–H and O–H groups in total. The minimum Gasteiger partial charge on any atom is -0.326 e. The average Bonchev–Trinajstić information content (AvgIpc) is 3.04. The van der Waals surface area contributed by atoms with Crippen LogP contribution in [0.25, 0.3) is 0 Å². The number of thiophene rings is 1. The molecule has 0 spiro atoms. The van der Waals surface area contributed by atoms with Crippen LogP contribution < -0.4 is 5.73 Å². The number of nitrogens with two attached hydrogens (primary N) is 1. The molecule has 19 heavy (non-hydrogen) atoms. The molecule has 104 valence electrons. The molecule has 0 fully saturated rings. The lowest BCUT2D eigenvalue weighted by atomic mass is 10.1. The van der Waals surface area contributed by atoms with Gasteiger partial charge in [-0.3, -0.25) is 0 Å². The van der Waals surface area contributed by atoms with Gasteiger partial charge in [0, 0.05) is 10.9 Å². The summed E-state index contributed by atoms with van der Waals surface area (Å²) in [5, 5.41) is 10.8. The topological polar surface area (TPSA) is 51.8 Å². The minimum atomic E-state index is 0.143. The summed E-state index contributed by atoms with van der Waals surface area (Å²) >= 11 is 6.81. The van der Waals surface area contributed by atoms with Crippen molar-refractivity contribution in [1.82, 2.24) is 10.2 Å². The zero-order valence-corrected chi connectivity index (χ0v) is 14.4. The molecule has 2 unspecified atom stereocenters. The standard InChI is InChI=1S/C12H17N3S4/c1-4-8(13)10(9-7(2)5-6-17-9)18-12-15-14-11(16-3)19-12/h5-6,8,10H,4,13H2,1-3H3. The molecule has 0 saturated carbocycles. The lowest BCUT2D eigenvalue weighted by molar-refractivity contribution is 0.638. The highest BCUT2D eigenvalue weighted by Gasteiger charge is 2.24. The van der Waals surface area contributed by atoms with Crippen molar-refractivity contribution in [3.05, 3.63) is 21.9 Å². The molecule has 3 nitrogen and oxygen atoms in total. The summed E-state index contributed by atoms with van der Waals surface area (Å²) < 4.78 is 2.01. The van der Waals surface area contributed by atoms with Gasteiger partial charge in [-0.2, -0.15) is 0 Å².